The molecule has 0 saturated heterocycles. The lowest BCUT2D eigenvalue weighted by atomic mass is 10.1. The van der Waals surface area contributed by atoms with Crippen molar-refractivity contribution in [1.29, 1.82) is 0 Å². The van der Waals surface area contributed by atoms with Crippen LogP contribution < -0.4 is 0 Å². The van der Waals surface area contributed by atoms with E-state index in [1.165, 1.54) is 0 Å². The van der Waals surface area contributed by atoms with Gasteiger partial charge in [-0.3, -0.25) is 4.79 Å². The van der Waals surface area contributed by atoms with Crippen molar-refractivity contribution in [3.8, 4) is 0 Å². The van der Waals surface area contributed by atoms with Crippen molar-refractivity contribution in [2.45, 2.75) is 10.3 Å². The lowest BCUT2D eigenvalue weighted by Crippen LogP contribution is -2.35. The van der Waals surface area contributed by atoms with Crippen LogP contribution in [0.1, 0.15) is 12.0 Å². The monoisotopic (exact) mass is 469 g/mol. The second kappa shape index (κ2) is 5.40. The number of alkyl halides is 1. The molecule has 2 nitrogen and oxygen atoms in total. The fourth-order valence-corrected chi connectivity index (χ4v) is 3.69. The summed E-state index contributed by atoms with van der Waals surface area (Å²) in [6.45, 7) is 0. The number of carbonyl (C=O) groups excluding carboxylic acids is 1. The van der Waals surface area contributed by atoms with E-state index in [9.17, 15) is 4.79 Å². The van der Waals surface area contributed by atoms with Gasteiger partial charge < -0.3 is 4.90 Å². The van der Waals surface area contributed by atoms with Gasteiger partial charge >= 0.3 is 0 Å². The molecule has 1 atom stereocenters. The third-order valence-electron chi connectivity index (χ3n) is 2.69. The number of halogens is 3. The molecular weight excluding hydrogens is 461 g/mol. The van der Waals surface area contributed by atoms with Crippen LogP contribution in [0.25, 0.3) is 5.70 Å². The molecule has 0 saturated carbocycles. The normalized spacial score (nSPS) is 20.5. The van der Waals surface area contributed by atoms with E-state index in [2.05, 4.69) is 60.5 Å². The summed E-state index contributed by atoms with van der Waals surface area (Å²) in [6, 6.07) is 5.98. The zero-order valence-electron chi connectivity index (χ0n) is 9.08. The molecule has 17 heavy (non-hydrogen) atoms. The van der Waals surface area contributed by atoms with E-state index in [-0.39, 0.29) is 9.83 Å². The van der Waals surface area contributed by atoms with Gasteiger partial charge in [0.2, 0.25) is 5.91 Å². The Labute approximate surface area is 131 Å². The van der Waals surface area contributed by atoms with E-state index >= 15 is 0 Å². The Morgan fingerprint density at radius 1 is 1.41 bits per heavy atom. The molecular formula is C12H10Br2INO. The lowest BCUT2D eigenvalue weighted by molar-refractivity contribution is -0.126. The predicted molar refractivity (Wildman–Crippen MR) is 85.0 cm³/mol. The van der Waals surface area contributed by atoms with Crippen molar-refractivity contribution in [2.24, 2.45) is 0 Å². The zero-order valence-corrected chi connectivity index (χ0v) is 14.4. The van der Waals surface area contributed by atoms with Crippen LogP contribution in [0, 0.1) is 0 Å². The van der Waals surface area contributed by atoms with E-state index in [4.69, 9.17) is 0 Å². The number of nitrogens with zero attached hydrogens (tertiary/aromatic N) is 1. The van der Waals surface area contributed by atoms with E-state index in [0.29, 0.717) is 0 Å². The average molecular weight is 471 g/mol. The predicted octanol–water partition coefficient (Wildman–Crippen LogP) is 4.22. The van der Waals surface area contributed by atoms with E-state index in [0.717, 1.165) is 26.6 Å². The summed E-state index contributed by atoms with van der Waals surface area (Å²) in [5, 5.41) is 0. The molecule has 0 fully saturated rings. The van der Waals surface area contributed by atoms with Crippen molar-refractivity contribution in [3.63, 3.8) is 0 Å². The lowest BCUT2D eigenvalue weighted by Gasteiger charge is -2.28. The molecule has 0 aliphatic carbocycles. The summed E-state index contributed by atoms with van der Waals surface area (Å²) in [6.07, 6.45) is 2.91. The Balaban J connectivity index is 2.43. The molecule has 1 aliphatic heterocycles. The van der Waals surface area contributed by atoms with Crippen LogP contribution >= 0.6 is 54.5 Å². The van der Waals surface area contributed by atoms with Crippen LogP contribution in [0.3, 0.4) is 0 Å². The smallest absolute Gasteiger partial charge is 0.240 e. The molecule has 1 aromatic rings. The number of amides is 1. The standard InChI is InChI=1S/C12H10Br2INO/c1-16-11(5-4-10(15)12(16)17)8-3-2-7(13)6-9(8)14/h2-3,5-6,10H,4H2,1H3. The fourth-order valence-electron chi connectivity index (χ4n) is 1.77. The summed E-state index contributed by atoms with van der Waals surface area (Å²) in [5.41, 5.74) is 2.02. The molecule has 0 N–H and O–H groups in total. The highest BCUT2D eigenvalue weighted by Gasteiger charge is 2.27. The van der Waals surface area contributed by atoms with Crippen LogP contribution in [-0.2, 0) is 4.79 Å². The Kier molecular flexibility index (Phi) is 4.31. The van der Waals surface area contributed by atoms with E-state index in [1.807, 2.05) is 25.2 Å². The Morgan fingerprint density at radius 2 is 2.12 bits per heavy atom. The topological polar surface area (TPSA) is 20.3 Å². The van der Waals surface area contributed by atoms with Gasteiger partial charge in [0.15, 0.2) is 0 Å². The Hall–Kier alpha value is 0.120. The largest absolute Gasteiger partial charge is 0.314 e. The van der Waals surface area contributed by atoms with E-state index < -0.39 is 0 Å². The first-order valence-electron chi connectivity index (χ1n) is 5.08. The second-order valence-corrected chi connectivity index (χ2v) is 7.09. The van der Waals surface area contributed by atoms with Gasteiger partial charge in [0.05, 0.1) is 3.92 Å². The van der Waals surface area contributed by atoms with Gasteiger partial charge in [-0.15, -0.1) is 0 Å². The van der Waals surface area contributed by atoms with Crippen molar-refractivity contribution < 1.29 is 4.79 Å². The summed E-state index contributed by atoms with van der Waals surface area (Å²) in [5.74, 6) is 0.165. The highest BCUT2D eigenvalue weighted by atomic mass is 127. The van der Waals surface area contributed by atoms with Crippen LogP contribution in [0.15, 0.2) is 33.2 Å². The van der Waals surface area contributed by atoms with Gasteiger partial charge in [-0.05, 0) is 18.6 Å². The fraction of sp³-hybridized carbons (Fsp3) is 0.250. The summed E-state index contributed by atoms with van der Waals surface area (Å²) >= 11 is 9.15. The molecule has 1 aliphatic rings. The first-order valence-corrected chi connectivity index (χ1v) is 7.91. The Bertz CT molecular complexity index is 501. The molecule has 0 spiro atoms. The highest BCUT2D eigenvalue weighted by Crippen LogP contribution is 2.33. The van der Waals surface area contributed by atoms with Crippen LogP contribution in [0.5, 0.6) is 0 Å². The summed E-state index contributed by atoms with van der Waals surface area (Å²) < 4.78 is 2.06. The summed E-state index contributed by atoms with van der Waals surface area (Å²) in [4.78, 5) is 13.7. The third-order valence-corrected chi connectivity index (χ3v) is 4.88. The minimum atomic E-state index is 0.0515. The number of rotatable bonds is 1. The minimum Gasteiger partial charge on any atom is -0.314 e. The van der Waals surface area contributed by atoms with Gasteiger partial charge in [-0.25, -0.2) is 0 Å². The first-order chi connectivity index (χ1) is 8.00. The van der Waals surface area contributed by atoms with Crippen LogP contribution in [0.4, 0.5) is 0 Å². The highest BCUT2D eigenvalue weighted by molar-refractivity contribution is 14.1. The van der Waals surface area contributed by atoms with Gasteiger partial charge in [-0.2, -0.15) is 0 Å². The van der Waals surface area contributed by atoms with Crippen LogP contribution in [0.2, 0.25) is 0 Å². The molecule has 1 heterocycles. The van der Waals surface area contributed by atoms with E-state index in [1.54, 1.807) is 4.90 Å². The average Bonchev–Trinajstić information content (AvgIpc) is 2.28. The molecule has 1 amide bonds. The molecule has 1 unspecified atom stereocenters. The molecule has 0 aromatic heterocycles. The maximum atomic E-state index is 11.9. The molecule has 0 bridgehead atoms. The van der Waals surface area contributed by atoms with Crippen molar-refractivity contribution in [3.05, 3.63) is 38.8 Å². The maximum Gasteiger partial charge on any atom is 0.240 e. The van der Waals surface area contributed by atoms with Gasteiger partial charge in [0, 0.05) is 27.3 Å². The Morgan fingerprint density at radius 3 is 2.76 bits per heavy atom. The SMILES string of the molecule is CN1C(=O)C(I)CC=C1c1ccc(Br)cc1Br. The van der Waals surface area contributed by atoms with Gasteiger partial charge in [0.1, 0.15) is 0 Å². The quantitative estimate of drug-likeness (QED) is 0.444. The van der Waals surface area contributed by atoms with Crippen LogP contribution in [-0.4, -0.2) is 21.8 Å². The molecule has 90 valence electrons. The number of carbonyl (C=O) groups is 1. The molecule has 5 heteroatoms. The van der Waals surface area contributed by atoms with Crippen molar-refractivity contribution in [2.75, 3.05) is 7.05 Å². The second-order valence-electron chi connectivity index (χ2n) is 3.81. The molecule has 1 aromatic carbocycles. The molecule has 2 rings (SSSR count). The minimum absolute atomic E-state index is 0.0515. The number of hydrogen-bond acceptors (Lipinski definition) is 1. The number of benzene rings is 1. The van der Waals surface area contributed by atoms with Crippen molar-refractivity contribution in [1.82, 2.24) is 4.90 Å². The third kappa shape index (κ3) is 2.76. The maximum absolute atomic E-state index is 11.9. The molecule has 0 radical (unpaired) electrons. The number of allylic oxidation sites excluding steroid dienone is 1. The van der Waals surface area contributed by atoms with Crippen molar-refractivity contribution >= 4 is 66.1 Å². The van der Waals surface area contributed by atoms with Gasteiger partial charge in [0.25, 0.3) is 0 Å². The summed E-state index contributed by atoms with van der Waals surface area (Å²) in [7, 11) is 1.83. The zero-order chi connectivity index (χ0) is 12.6. The van der Waals surface area contributed by atoms with Gasteiger partial charge in [-0.1, -0.05) is 66.6 Å². The number of hydrogen-bond donors (Lipinski definition) is 0. The first kappa shape index (κ1) is 13.5.